The van der Waals surface area contributed by atoms with Crippen LogP contribution < -0.4 is 5.32 Å². The zero-order valence-electron chi connectivity index (χ0n) is 14.4. The summed E-state index contributed by atoms with van der Waals surface area (Å²) in [5.74, 6) is 0. The molecule has 1 amide bonds. The summed E-state index contributed by atoms with van der Waals surface area (Å²) in [7, 11) is 0. The van der Waals surface area contributed by atoms with Gasteiger partial charge >= 0.3 is 12.3 Å². The van der Waals surface area contributed by atoms with Gasteiger partial charge in [-0.3, -0.25) is 4.90 Å². The van der Waals surface area contributed by atoms with Crippen LogP contribution in [-0.2, 0) is 17.5 Å². The van der Waals surface area contributed by atoms with Gasteiger partial charge in [0.1, 0.15) is 5.60 Å². The Morgan fingerprint density at radius 2 is 2.04 bits per heavy atom. The second-order valence-corrected chi connectivity index (χ2v) is 8.03. The van der Waals surface area contributed by atoms with Crippen LogP contribution in [0.1, 0.15) is 38.3 Å². The number of alkyl halides is 3. The van der Waals surface area contributed by atoms with E-state index in [9.17, 15) is 18.0 Å². The summed E-state index contributed by atoms with van der Waals surface area (Å²) in [4.78, 5) is 13.9. The molecule has 1 aromatic carbocycles. The predicted octanol–water partition coefficient (Wildman–Crippen LogP) is 4.57. The van der Waals surface area contributed by atoms with Crippen molar-refractivity contribution < 1.29 is 22.7 Å². The van der Waals surface area contributed by atoms with Crippen molar-refractivity contribution in [1.82, 2.24) is 10.2 Å². The first-order valence-electron chi connectivity index (χ1n) is 8.01. The van der Waals surface area contributed by atoms with Gasteiger partial charge < -0.3 is 10.1 Å². The molecule has 1 heterocycles. The van der Waals surface area contributed by atoms with Gasteiger partial charge in [0.05, 0.1) is 5.56 Å². The topological polar surface area (TPSA) is 41.6 Å². The van der Waals surface area contributed by atoms with E-state index in [1.165, 1.54) is 6.07 Å². The first-order chi connectivity index (χ1) is 11.4. The van der Waals surface area contributed by atoms with Crippen molar-refractivity contribution in [3.8, 4) is 0 Å². The quantitative estimate of drug-likeness (QED) is 0.775. The van der Waals surface area contributed by atoms with Crippen LogP contribution in [0.5, 0.6) is 0 Å². The zero-order valence-corrected chi connectivity index (χ0v) is 16.0. The number of benzene rings is 1. The lowest BCUT2D eigenvalue weighted by molar-refractivity contribution is -0.137. The Bertz CT molecular complexity index is 629. The van der Waals surface area contributed by atoms with Gasteiger partial charge in [-0.25, -0.2) is 4.79 Å². The van der Waals surface area contributed by atoms with Gasteiger partial charge in [0.25, 0.3) is 0 Å². The third kappa shape index (κ3) is 6.18. The molecular formula is C17H22BrF3N2O2. The van der Waals surface area contributed by atoms with E-state index in [1.807, 2.05) is 0 Å². The number of likely N-dealkylation sites (tertiary alicyclic amines) is 1. The number of hydrogen-bond acceptors (Lipinski definition) is 3. The number of carbonyl (C=O) groups excluding carboxylic acids is 1. The summed E-state index contributed by atoms with van der Waals surface area (Å²) < 4.78 is 43.8. The van der Waals surface area contributed by atoms with Gasteiger partial charge in [-0.15, -0.1) is 0 Å². The molecule has 0 saturated carbocycles. The fraction of sp³-hybridized carbons (Fsp3) is 0.588. The molecule has 0 unspecified atom stereocenters. The van der Waals surface area contributed by atoms with Gasteiger partial charge in [0.2, 0.25) is 0 Å². The van der Waals surface area contributed by atoms with Gasteiger partial charge in [-0.2, -0.15) is 13.2 Å². The van der Waals surface area contributed by atoms with Gasteiger partial charge in [-0.05, 0) is 44.9 Å². The Labute approximate surface area is 153 Å². The van der Waals surface area contributed by atoms with Crippen molar-refractivity contribution in [2.75, 3.05) is 13.1 Å². The molecule has 25 heavy (non-hydrogen) atoms. The highest BCUT2D eigenvalue weighted by molar-refractivity contribution is 9.10. The maximum Gasteiger partial charge on any atom is 0.416 e. The van der Waals surface area contributed by atoms with Crippen molar-refractivity contribution >= 4 is 22.0 Å². The summed E-state index contributed by atoms with van der Waals surface area (Å²) in [6.45, 7) is 7.31. The third-order valence-electron chi connectivity index (χ3n) is 3.77. The minimum atomic E-state index is -4.35. The SMILES string of the molecule is CC(C)(C)OC(=O)N[C@@H]1CCN(Cc2ccc(C(F)(F)F)cc2Br)C1. The van der Waals surface area contributed by atoms with Crippen LogP contribution in [0, 0.1) is 0 Å². The van der Waals surface area contributed by atoms with Crippen molar-refractivity contribution in [2.24, 2.45) is 0 Å². The molecule has 0 aromatic heterocycles. The summed E-state index contributed by atoms with van der Waals surface area (Å²) in [6, 6.07) is 3.65. The number of hydrogen-bond donors (Lipinski definition) is 1. The van der Waals surface area contributed by atoms with Crippen LogP contribution in [0.4, 0.5) is 18.0 Å². The van der Waals surface area contributed by atoms with E-state index in [2.05, 4.69) is 26.1 Å². The van der Waals surface area contributed by atoms with E-state index < -0.39 is 23.4 Å². The maximum absolute atomic E-state index is 12.7. The van der Waals surface area contributed by atoms with Gasteiger partial charge in [0, 0.05) is 30.1 Å². The number of alkyl carbamates (subject to hydrolysis) is 1. The van der Waals surface area contributed by atoms with E-state index in [1.54, 1.807) is 20.8 Å². The van der Waals surface area contributed by atoms with Gasteiger partial charge in [0.15, 0.2) is 0 Å². The van der Waals surface area contributed by atoms with Crippen molar-refractivity contribution in [3.05, 3.63) is 33.8 Å². The molecule has 0 aliphatic carbocycles. The van der Waals surface area contributed by atoms with Crippen LogP contribution in [0.25, 0.3) is 0 Å². The average Bonchev–Trinajstić information content (AvgIpc) is 2.84. The fourth-order valence-electron chi connectivity index (χ4n) is 2.66. The van der Waals surface area contributed by atoms with Crippen LogP contribution in [-0.4, -0.2) is 35.7 Å². The standard InChI is InChI=1S/C17H22BrF3N2O2/c1-16(2,3)25-15(24)22-13-6-7-23(10-13)9-11-4-5-12(8-14(11)18)17(19,20)21/h4-5,8,13H,6-7,9-10H2,1-3H3,(H,22,24)/t13-/m1/s1. The number of nitrogens with one attached hydrogen (secondary N) is 1. The molecule has 1 aliphatic heterocycles. The summed E-state index contributed by atoms with van der Waals surface area (Å²) >= 11 is 3.22. The second-order valence-electron chi connectivity index (χ2n) is 7.17. The number of halogens is 4. The Hall–Kier alpha value is -1.28. The molecule has 1 aromatic rings. The Morgan fingerprint density at radius 1 is 1.36 bits per heavy atom. The van der Waals surface area contributed by atoms with E-state index in [-0.39, 0.29) is 6.04 Å². The van der Waals surface area contributed by atoms with Crippen LogP contribution in [0.15, 0.2) is 22.7 Å². The maximum atomic E-state index is 12.7. The molecule has 4 nitrogen and oxygen atoms in total. The molecule has 0 radical (unpaired) electrons. The molecule has 1 fully saturated rings. The lowest BCUT2D eigenvalue weighted by Gasteiger charge is -2.22. The van der Waals surface area contributed by atoms with E-state index >= 15 is 0 Å². The molecular weight excluding hydrogens is 401 g/mol. The lowest BCUT2D eigenvalue weighted by atomic mass is 10.1. The summed E-state index contributed by atoms with van der Waals surface area (Å²) in [5, 5.41) is 2.83. The molecule has 140 valence electrons. The molecule has 0 spiro atoms. The molecule has 1 N–H and O–H groups in total. The highest BCUT2D eigenvalue weighted by Gasteiger charge is 2.31. The Morgan fingerprint density at radius 3 is 2.60 bits per heavy atom. The average molecular weight is 423 g/mol. The van der Waals surface area contributed by atoms with Crippen molar-refractivity contribution in [2.45, 2.75) is 51.6 Å². The van der Waals surface area contributed by atoms with Gasteiger partial charge in [-0.1, -0.05) is 22.0 Å². The van der Waals surface area contributed by atoms with E-state index in [0.717, 1.165) is 30.7 Å². The highest BCUT2D eigenvalue weighted by atomic mass is 79.9. The second kappa shape index (κ2) is 7.53. The van der Waals surface area contributed by atoms with E-state index in [4.69, 9.17) is 4.74 Å². The fourth-order valence-corrected chi connectivity index (χ4v) is 3.17. The minimum absolute atomic E-state index is 0.0249. The largest absolute Gasteiger partial charge is 0.444 e. The lowest BCUT2D eigenvalue weighted by Crippen LogP contribution is -2.40. The first-order valence-corrected chi connectivity index (χ1v) is 8.81. The zero-order chi connectivity index (χ0) is 18.8. The van der Waals surface area contributed by atoms with Crippen LogP contribution in [0.2, 0.25) is 0 Å². The van der Waals surface area contributed by atoms with E-state index in [0.29, 0.717) is 17.6 Å². The van der Waals surface area contributed by atoms with Crippen LogP contribution in [0.3, 0.4) is 0 Å². The molecule has 1 aliphatic rings. The summed E-state index contributed by atoms with van der Waals surface area (Å²) in [6.07, 6.45) is -4.02. The predicted molar refractivity (Wildman–Crippen MR) is 92.2 cm³/mol. The monoisotopic (exact) mass is 422 g/mol. The number of rotatable bonds is 3. The summed E-state index contributed by atoms with van der Waals surface area (Å²) in [5.41, 5.74) is -0.437. The molecule has 8 heteroatoms. The van der Waals surface area contributed by atoms with Crippen molar-refractivity contribution in [3.63, 3.8) is 0 Å². The molecule has 1 atom stereocenters. The molecule has 0 bridgehead atoms. The molecule has 2 rings (SSSR count). The number of ether oxygens (including phenoxy) is 1. The van der Waals surface area contributed by atoms with Crippen molar-refractivity contribution in [1.29, 1.82) is 0 Å². The third-order valence-corrected chi connectivity index (χ3v) is 4.51. The number of amides is 1. The van der Waals surface area contributed by atoms with Crippen LogP contribution >= 0.6 is 15.9 Å². The smallest absolute Gasteiger partial charge is 0.416 e. The Kier molecular flexibility index (Phi) is 6.04. The minimum Gasteiger partial charge on any atom is -0.444 e. The normalized spacial score (nSPS) is 19.1. The number of carbonyl (C=O) groups is 1. The highest BCUT2D eigenvalue weighted by Crippen LogP contribution is 2.32. The Balaban J connectivity index is 1.90. The first kappa shape index (κ1) is 20.0. The molecule has 1 saturated heterocycles. The number of nitrogens with zero attached hydrogens (tertiary/aromatic N) is 1.